The molecule has 0 spiro atoms. The van der Waals surface area contributed by atoms with Gasteiger partial charge in [-0.25, -0.2) is 4.39 Å². The van der Waals surface area contributed by atoms with Crippen LogP contribution in [0.4, 0.5) is 4.39 Å². The van der Waals surface area contributed by atoms with E-state index in [0.717, 1.165) is 0 Å². The number of halogens is 1. The largest absolute Gasteiger partial charge is 0.494 e. The number of ether oxygens (including phenoxy) is 1. The van der Waals surface area contributed by atoms with Crippen molar-refractivity contribution >= 4 is 5.78 Å². The van der Waals surface area contributed by atoms with Gasteiger partial charge in [-0.1, -0.05) is 6.07 Å². The van der Waals surface area contributed by atoms with Gasteiger partial charge in [0, 0.05) is 12.5 Å². The molecular formula is C12H16FNO2. The first-order valence-electron chi connectivity index (χ1n) is 5.13. The van der Waals surface area contributed by atoms with Crippen LogP contribution in [-0.2, 0) is 4.79 Å². The Morgan fingerprint density at radius 3 is 2.75 bits per heavy atom. The van der Waals surface area contributed by atoms with Crippen LogP contribution in [-0.4, -0.2) is 12.9 Å². The molecule has 0 aliphatic heterocycles. The van der Waals surface area contributed by atoms with Gasteiger partial charge in [-0.3, -0.25) is 0 Å². The second kappa shape index (κ2) is 5.61. The molecule has 0 saturated heterocycles. The van der Waals surface area contributed by atoms with Crippen molar-refractivity contribution in [3.8, 4) is 5.75 Å². The summed E-state index contributed by atoms with van der Waals surface area (Å²) in [6.07, 6.45) is 0.940. The molecule has 16 heavy (non-hydrogen) atoms. The zero-order valence-electron chi connectivity index (χ0n) is 9.50. The molecule has 1 rings (SSSR count). The Bertz CT molecular complexity index is 379. The van der Waals surface area contributed by atoms with E-state index in [9.17, 15) is 9.18 Å². The lowest BCUT2D eigenvalue weighted by molar-refractivity contribution is -0.117. The van der Waals surface area contributed by atoms with Gasteiger partial charge < -0.3 is 15.3 Å². The highest BCUT2D eigenvalue weighted by atomic mass is 19.1. The van der Waals surface area contributed by atoms with Crippen molar-refractivity contribution in [1.82, 2.24) is 0 Å². The van der Waals surface area contributed by atoms with E-state index in [1.165, 1.54) is 26.2 Å². The van der Waals surface area contributed by atoms with Crippen LogP contribution in [0.25, 0.3) is 0 Å². The monoisotopic (exact) mass is 225 g/mol. The van der Waals surface area contributed by atoms with Crippen molar-refractivity contribution in [3.05, 3.63) is 29.6 Å². The maximum Gasteiger partial charge on any atom is 0.165 e. The minimum atomic E-state index is -0.432. The summed E-state index contributed by atoms with van der Waals surface area (Å²) in [6, 6.07) is 4.29. The van der Waals surface area contributed by atoms with Gasteiger partial charge >= 0.3 is 0 Å². The summed E-state index contributed by atoms with van der Waals surface area (Å²) >= 11 is 0. The van der Waals surface area contributed by atoms with E-state index < -0.39 is 5.82 Å². The molecular weight excluding hydrogens is 209 g/mol. The average molecular weight is 225 g/mol. The van der Waals surface area contributed by atoms with Crippen molar-refractivity contribution in [1.29, 1.82) is 0 Å². The molecule has 0 aliphatic rings. The SMILES string of the molecule is COc1ccc(C(N)CCC(C)=O)cc1F. The van der Waals surface area contributed by atoms with Gasteiger partial charge in [-0.05, 0) is 31.0 Å². The fourth-order valence-electron chi connectivity index (χ4n) is 1.44. The lowest BCUT2D eigenvalue weighted by Crippen LogP contribution is -2.12. The van der Waals surface area contributed by atoms with Crippen LogP contribution in [0.5, 0.6) is 5.75 Å². The molecule has 0 saturated carbocycles. The predicted octanol–water partition coefficient (Wildman–Crippen LogP) is 2.20. The number of methoxy groups -OCH3 is 1. The molecule has 1 atom stereocenters. The second-order valence-corrected chi connectivity index (χ2v) is 3.74. The maximum absolute atomic E-state index is 13.4. The molecule has 3 nitrogen and oxygen atoms in total. The van der Waals surface area contributed by atoms with E-state index in [4.69, 9.17) is 10.5 Å². The molecule has 0 bridgehead atoms. The zero-order chi connectivity index (χ0) is 12.1. The van der Waals surface area contributed by atoms with Crippen molar-refractivity contribution in [3.63, 3.8) is 0 Å². The first-order valence-corrected chi connectivity index (χ1v) is 5.13. The maximum atomic E-state index is 13.4. The summed E-state index contributed by atoms with van der Waals surface area (Å²) in [5.74, 6) is -0.148. The number of nitrogens with two attached hydrogens (primary N) is 1. The van der Waals surface area contributed by atoms with E-state index >= 15 is 0 Å². The summed E-state index contributed by atoms with van der Waals surface area (Å²) in [6.45, 7) is 1.52. The molecule has 2 N–H and O–H groups in total. The Kier molecular flexibility index (Phi) is 4.43. The number of ketones is 1. The number of rotatable bonds is 5. The summed E-state index contributed by atoms with van der Waals surface area (Å²) in [4.78, 5) is 10.8. The molecule has 0 aliphatic carbocycles. The minimum absolute atomic E-state index is 0.0874. The van der Waals surface area contributed by atoms with Gasteiger partial charge in [-0.15, -0.1) is 0 Å². The number of hydrogen-bond donors (Lipinski definition) is 1. The lowest BCUT2D eigenvalue weighted by Gasteiger charge is -2.12. The molecule has 1 aromatic rings. The van der Waals surface area contributed by atoms with Crippen LogP contribution in [0.2, 0.25) is 0 Å². The van der Waals surface area contributed by atoms with Crippen LogP contribution >= 0.6 is 0 Å². The van der Waals surface area contributed by atoms with Crippen LogP contribution < -0.4 is 10.5 Å². The van der Waals surface area contributed by atoms with Crippen LogP contribution in [0.15, 0.2) is 18.2 Å². The summed E-state index contributed by atoms with van der Waals surface area (Å²) in [7, 11) is 1.41. The van der Waals surface area contributed by atoms with Gasteiger partial charge in [-0.2, -0.15) is 0 Å². The highest BCUT2D eigenvalue weighted by Gasteiger charge is 2.10. The normalized spacial score (nSPS) is 12.2. The molecule has 88 valence electrons. The highest BCUT2D eigenvalue weighted by Crippen LogP contribution is 2.22. The zero-order valence-corrected chi connectivity index (χ0v) is 9.50. The fourth-order valence-corrected chi connectivity index (χ4v) is 1.44. The van der Waals surface area contributed by atoms with Gasteiger partial charge in [0.25, 0.3) is 0 Å². The third-order valence-corrected chi connectivity index (χ3v) is 2.41. The van der Waals surface area contributed by atoms with Gasteiger partial charge in [0.05, 0.1) is 7.11 Å². The van der Waals surface area contributed by atoms with Crippen molar-refractivity contribution in [2.75, 3.05) is 7.11 Å². The first-order chi connectivity index (χ1) is 7.54. The highest BCUT2D eigenvalue weighted by molar-refractivity contribution is 5.75. The minimum Gasteiger partial charge on any atom is -0.494 e. The van der Waals surface area contributed by atoms with Gasteiger partial charge in [0.2, 0.25) is 0 Å². The van der Waals surface area contributed by atoms with E-state index in [1.54, 1.807) is 6.07 Å². The van der Waals surface area contributed by atoms with Crippen LogP contribution in [0, 0.1) is 5.82 Å². The molecule has 4 heteroatoms. The molecule has 0 fully saturated rings. The molecule has 1 unspecified atom stereocenters. The molecule has 0 heterocycles. The third-order valence-electron chi connectivity index (χ3n) is 2.41. The number of Topliss-reactive ketones (excluding diaryl/α,β-unsaturated/α-hetero) is 1. The average Bonchev–Trinajstić information content (AvgIpc) is 2.25. The standard InChI is InChI=1S/C12H16FNO2/c1-8(15)3-5-11(14)9-4-6-12(16-2)10(13)7-9/h4,6-7,11H,3,5,14H2,1-2H3. The van der Waals surface area contributed by atoms with Crippen LogP contribution in [0.1, 0.15) is 31.4 Å². The number of benzene rings is 1. The molecule has 1 aromatic carbocycles. The summed E-state index contributed by atoms with van der Waals surface area (Å²) < 4.78 is 18.2. The summed E-state index contributed by atoms with van der Waals surface area (Å²) in [5, 5.41) is 0. The van der Waals surface area contributed by atoms with E-state index in [2.05, 4.69) is 0 Å². The first kappa shape index (κ1) is 12.6. The van der Waals surface area contributed by atoms with Gasteiger partial charge in [0.1, 0.15) is 5.78 Å². The smallest absolute Gasteiger partial charge is 0.165 e. The Morgan fingerprint density at radius 1 is 1.56 bits per heavy atom. The number of carbonyl (C=O) groups excluding carboxylic acids is 1. The quantitative estimate of drug-likeness (QED) is 0.835. The molecule has 0 amide bonds. The number of carbonyl (C=O) groups is 1. The second-order valence-electron chi connectivity index (χ2n) is 3.74. The van der Waals surface area contributed by atoms with Gasteiger partial charge in [0.15, 0.2) is 11.6 Å². The van der Waals surface area contributed by atoms with E-state index in [1.807, 2.05) is 0 Å². The summed E-state index contributed by atoms with van der Waals surface area (Å²) in [5.41, 5.74) is 6.52. The van der Waals surface area contributed by atoms with Crippen molar-refractivity contribution < 1.29 is 13.9 Å². The Morgan fingerprint density at radius 2 is 2.25 bits per heavy atom. The lowest BCUT2D eigenvalue weighted by atomic mass is 10.0. The Balaban J connectivity index is 2.72. The Hall–Kier alpha value is -1.42. The van der Waals surface area contributed by atoms with Crippen LogP contribution in [0.3, 0.4) is 0 Å². The number of hydrogen-bond acceptors (Lipinski definition) is 3. The van der Waals surface area contributed by atoms with E-state index in [-0.39, 0.29) is 17.6 Å². The predicted molar refractivity (Wildman–Crippen MR) is 59.8 cm³/mol. The molecule has 0 aromatic heterocycles. The molecule has 0 radical (unpaired) electrons. The topological polar surface area (TPSA) is 52.3 Å². The van der Waals surface area contributed by atoms with Crippen molar-refractivity contribution in [2.45, 2.75) is 25.8 Å². The van der Waals surface area contributed by atoms with E-state index in [0.29, 0.717) is 18.4 Å². The Labute approximate surface area is 94.4 Å². The van der Waals surface area contributed by atoms with Crippen molar-refractivity contribution in [2.24, 2.45) is 5.73 Å². The fraction of sp³-hybridized carbons (Fsp3) is 0.417. The third kappa shape index (κ3) is 3.31.